The third-order valence-electron chi connectivity index (χ3n) is 2.96. The lowest BCUT2D eigenvalue weighted by Crippen LogP contribution is -2.11. The van der Waals surface area contributed by atoms with E-state index in [1.54, 1.807) is 0 Å². The second-order valence-electron chi connectivity index (χ2n) is 4.97. The number of ketones is 1. The summed E-state index contributed by atoms with van der Waals surface area (Å²) in [4.78, 5) is 22.6. The van der Waals surface area contributed by atoms with Crippen LogP contribution in [0.1, 0.15) is 44.7 Å². The number of ether oxygens (including phenoxy) is 1. The molecule has 0 aliphatic rings. The van der Waals surface area contributed by atoms with Crippen LogP contribution in [0.3, 0.4) is 0 Å². The first kappa shape index (κ1) is 15.4. The lowest BCUT2D eigenvalue weighted by molar-refractivity contribution is -0.148. The van der Waals surface area contributed by atoms with Gasteiger partial charge in [0.2, 0.25) is 0 Å². The molecular formula is C16H22O3. The first-order valence-corrected chi connectivity index (χ1v) is 6.79. The summed E-state index contributed by atoms with van der Waals surface area (Å²) in [6.45, 7) is 5.83. The molecule has 0 unspecified atom stereocenters. The second-order valence-corrected chi connectivity index (χ2v) is 4.97. The van der Waals surface area contributed by atoms with Gasteiger partial charge in [-0.15, -0.1) is 0 Å². The number of hydrogen-bond acceptors (Lipinski definition) is 3. The van der Waals surface area contributed by atoms with Crippen LogP contribution in [0.15, 0.2) is 24.3 Å². The fourth-order valence-corrected chi connectivity index (χ4v) is 1.58. The van der Waals surface area contributed by atoms with Crippen molar-refractivity contribution in [3.8, 4) is 0 Å². The highest BCUT2D eigenvalue weighted by atomic mass is 16.5. The van der Waals surface area contributed by atoms with Crippen molar-refractivity contribution in [3.63, 3.8) is 0 Å². The van der Waals surface area contributed by atoms with Crippen molar-refractivity contribution >= 4 is 11.8 Å². The summed E-state index contributed by atoms with van der Waals surface area (Å²) in [7, 11) is 0. The van der Waals surface area contributed by atoms with Crippen LogP contribution in [0.5, 0.6) is 0 Å². The van der Waals surface area contributed by atoms with Crippen LogP contribution in [0, 0.1) is 5.92 Å². The minimum Gasteiger partial charge on any atom is -0.461 e. The monoisotopic (exact) mass is 262 g/mol. The number of carbonyl (C=O) groups excluding carboxylic acids is 2. The molecule has 0 atom stereocenters. The van der Waals surface area contributed by atoms with Crippen LogP contribution in [-0.4, -0.2) is 11.8 Å². The lowest BCUT2D eigenvalue weighted by Gasteiger charge is -2.07. The predicted octanol–water partition coefficient (Wildman–Crippen LogP) is 3.30. The number of rotatable bonds is 7. The summed E-state index contributed by atoms with van der Waals surface area (Å²) in [6.07, 6.45) is 1.97. The predicted molar refractivity (Wildman–Crippen MR) is 74.7 cm³/mol. The van der Waals surface area contributed by atoms with Gasteiger partial charge in [0.25, 0.3) is 0 Å². The molecule has 0 saturated heterocycles. The van der Waals surface area contributed by atoms with E-state index in [0.717, 1.165) is 17.5 Å². The van der Waals surface area contributed by atoms with Crippen molar-refractivity contribution in [2.75, 3.05) is 0 Å². The molecule has 0 spiro atoms. The first-order chi connectivity index (χ1) is 9.02. The highest BCUT2D eigenvalue weighted by Gasteiger charge is 2.08. The zero-order valence-electron chi connectivity index (χ0n) is 11.9. The molecule has 0 aliphatic carbocycles. The number of esters is 1. The van der Waals surface area contributed by atoms with Gasteiger partial charge in [0, 0.05) is 12.8 Å². The largest absolute Gasteiger partial charge is 0.461 e. The maximum Gasteiger partial charge on any atom is 0.308 e. The van der Waals surface area contributed by atoms with Gasteiger partial charge < -0.3 is 4.74 Å². The standard InChI is InChI=1S/C16H22O3/c1-4-15(17)10-9-13-5-7-14(8-6-13)11-19-16(18)12(2)3/h5-8,12H,4,9-11H2,1-3H3. The van der Waals surface area contributed by atoms with E-state index in [1.165, 1.54) is 0 Å². The molecule has 0 heterocycles. The first-order valence-electron chi connectivity index (χ1n) is 6.79. The summed E-state index contributed by atoms with van der Waals surface area (Å²) in [5.74, 6) is 0.00638. The zero-order chi connectivity index (χ0) is 14.3. The molecule has 0 radical (unpaired) electrons. The van der Waals surface area contributed by atoms with Crippen LogP contribution in [0.25, 0.3) is 0 Å². The van der Waals surface area contributed by atoms with Gasteiger partial charge in [-0.25, -0.2) is 0 Å². The Morgan fingerprint density at radius 3 is 2.21 bits per heavy atom. The molecule has 0 N–H and O–H groups in total. The molecule has 1 rings (SSSR count). The molecule has 0 bridgehead atoms. The van der Waals surface area contributed by atoms with E-state index < -0.39 is 0 Å². The van der Waals surface area contributed by atoms with Crippen molar-refractivity contribution < 1.29 is 14.3 Å². The summed E-state index contributed by atoms with van der Waals surface area (Å²) in [5, 5.41) is 0. The molecule has 3 nitrogen and oxygen atoms in total. The quantitative estimate of drug-likeness (QED) is 0.708. The van der Waals surface area contributed by atoms with Gasteiger partial charge in [-0.05, 0) is 17.5 Å². The van der Waals surface area contributed by atoms with Crippen LogP contribution in [0.4, 0.5) is 0 Å². The van der Waals surface area contributed by atoms with Gasteiger partial charge in [-0.2, -0.15) is 0 Å². The van der Waals surface area contributed by atoms with Gasteiger partial charge in [-0.3, -0.25) is 9.59 Å². The number of benzene rings is 1. The van der Waals surface area contributed by atoms with Gasteiger partial charge in [0.15, 0.2) is 0 Å². The summed E-state index contributed by atoms with van der Waals surface area (Å²) < 4.78 is 5.15. The smallest absolute Gasteiger partial charge is 0.308 e. The Bertz CT molecular complexity index is 418. The molecule has 3 heteroatoms. The molecule has 19 heavy (non-hydrogen) atoms. The van der Waals surface area contributed by atoms with E-state index in [-0.39, 0.29) is 17.7 Å². The molecule has 0 aliphatic heterocycles. The Hall–Kier alpha value is -1.64. The number of carbonyl (C=O) groups is 2. The van der Waals surface area contributed by atoms with Crippen molar-refractivity contribution in [3.05, 3.63) is 35.4 Å². The molecule has 0 amide bonds. The third kappa shape index (κ3) is 5.69. The highest BCUT2D eigenvalue weighted by Crippen LogP contribution is 2.09. The Morgan fingerprint density at radius 2 is 1.68 bits per heavy atom. The maximum absolute atomic E-state index is 11.3. The SMILES string of the molecule is CCC(=O)CCc1ccc(COC(=O)C(C)C)cc1. The van der Waals surface area contributed by atoms with Crippen molar-refractivity contribution in [2.45, 2.75) is 46.6 Å². The van der Waals surface area contributed by atoms with E-state index in [2.05, 4.69) is 0 Å². The van der Waals surface area contributed by atoms with Crippen LogP contribution in [0.2, 0.25) is 0 Å². The Kier molecular flexibility index (Phi) is 6.26. The molecule has 0 saturated carbocycles. The molecule has 1 aromatic rings. The molecule has 0 aromatic heterocycles. The number of aryl methyl sites for hydroxylation is 1. The van der Waals surface area contributed by atoms with Crippen molar-refractivity contribution in [1.82, 2.24) is 0 Å². The Balaban J connectivity index is 2.43. The molecule has 1 aromatic carbocycles. The van der Waals surface area contributed by atoms with Gasteiger partial charge in [-0.1, -0.05) is 45.0 Å². The van der Waals surface area contributed by atoms with E-state index in [1.807, 2.05) is 45.0 Å². The highest BCUT2D eigenvalue weighted by molar-refractivity contribution is 5.78. The fourth-order valence-electron chi connectivity index (χ4n) is 1.58. The normalized spacial score (nSPS) is 10.5. The second kappa shape index (κ2) is 7.72. The molecule has 0 fully saturated rings. The van der Waals surface area contributed by atoms with E-state index >= 15 is 0 Å². The summed E-state index contributed by atoms with van der Waals surface area (Å²) in [5.41, 5.74) is 2.11. The van der Waals surface area contributed by atoms with E-state index in [4.69, 9.17) is 4.74 Å². The summed E-state index contributed by atoms with van der Waals surface area (Å²) >= 11 is 0. The fraction of sp³-hybridized carbons (Fsp3) is 0.500. The lowest BCUT2D eigenvalue weighted by atomic mass is 10.1. The zero-order valence-corrected chi connectivity index (χ0v) is 11.9. The topological polar surface area (TPSA) is 43.4 Å². The van der Waals surface area contributed by atoms with E-state index in [9.17, 15) is 9.59 Å². The molecular weight excluding hydrogens is 240 g/mol. The van der Waals surface area contributed by atoms with Gasteiger partial charge in [0.05, 0.1) is 5.92 Å². The van der Waals surface area contributed by atoms with Crippen LogP contribution < -0.4 is 0 Å². The minimum absolute atomic E-state index is 0.0978. The van der Waals surface area contributed by atoms with Gasteiger partial charge >= 0.3 is 5.97 Å². The average molecular weight is 262 g/mol. The molecule has 104 valence electrons. The maximum atomic E-state index is 11.3. The van der Waals surface area contributed by atoms with E-state index in [0.29, 0.717) is 19.4 Å². The third-order valence-corrected chi connectivity index (χ3v) is 2.96. The Morgan fingerprint density at radius 1 is 1.11 bits per heavy atom. The van der Waals surface area contributed by atoms with Crippen molar-refractivity contribution in [2.24, 2.45) is 5.92 Å². The number of hydrogen-bond donors (Lipinski definition) is 0. The number of Topliss-reactive ketones (excluding diaryl/α,β-unsaturated/α-hetero) is 1. The van der Waals surface area contributed by atoms with Crippen LogP contribution >= 0.6 is 0 Å². The van der Waals surface area contributed by atoms with Crippen LogP contribution in [-0.2, 0) is 27.4 Å². The van der Waals surface area contributed by atoms with Gasteiger partial charge in [0.1, 0.15) is 12.4 Å². The minimum atomic E-state index is -0.183. The van der Waals surface area contributed by atoms with Crippen molar-refractivity contribution in [1.29, 1.82) is 0 Å². The Labute approximate surface area is 115 Å². The average Bonchev–Trinajstić information content (AvgIpc) is 2.42. The summed E-state index contributed by atoms with van der Waals surface area (Å²) in [6, 6.07) is 7.86.